The fourth-order valence-electron chi connectivity index (χ4n) is 4.85. The van der Waals surface area contributed by atoms with Crippen LogP contribution in [-0.4, -0.2) is 66.5 Å². The third-order valence-corrected chi connectivity index (χ3v) is 14.1. The Bertz CT molecular complexity index is 1420. The largest absolute Gasteiger partial charge is 0.410 e. The molecule has 0 saturated carbocycles. The number of halogens is 1. The van der Waals surface area contributed by atoms with Crippen LogP contribution in [0.25, 0.3) is 11.2 Å². The van der Waals surface area contributed by atoms with Gasteiger partial charge in [-0.15, -0.1) is 0 Å². The number of imidazole rings is 1. The summed E-state index contributed by atoms with van der Waals surface area (Å²) in [5, 5.41) is -0.0933. The number of rotatable bonds is 12. The summed E-state index contributed by atoms with van der Waals surface area (Å²) in [7, 11) is -5.68. The van der Waals surface area contributed by atoms with E-state index in [9.17, 15) is 4.57 Å². The van der Waals surface area contributed by atoms with Gasteiger partial charge in [-0.2, -0.15) is 9.97 Å². The minimum absolute atomic E-state index is 0.000583. The van der Waals surface area contributed by atoms with E-state index < -0.39 is 39.8 Å². The highest BCUT2D eigenvalue weighted by Crippen LogP contribution is 2.53. The van der Waals surface area contributed by atoms with Crippen molar-refractivity contribution in [2.75, 3.05) is 32.2 Å². The number of nitrogens with zero attached hydrogens (tertiary/aromatic N) is 4. The highest BCUT2D eigenvalue weighted by Gasteiger charge is 2.58. The summed E-state index contributed by atoms with van der Waals surface area (Å²) in [6.07, 6.45) is -0.178. The van der Waals surface area contributed by atoms with Gasteiger partial charge in [-0.25, -0.2) is 4.98 Å². The molecule has 232 valence electrons. The number of anilines is 1. The van der Waals surface area contributed by atoms with E-state index in [-0.39, 0.29) is 36.0 Å². The van der Waals surface area contributed by atoms with Crippen molar-refractivity contribution in [3.63, 3.8) is 0 Å². The van der Waals surface area contributed by atoms with E-state index in [1.165, 1.54) is 6.66 Å². The first kappa shape index (κ1) is 33.0. The molecule has 0 bridgehead atoms. The predicted octanol–water partition coefficient (Wildman–Crippen LogP) is 6.45. The summed E-state index contributed by atoms with van der Waals surface area (Å²) < 4.78 is 46.2. The Morgan fingerprint density at radius 1 is 1.19 bits per heavy atom. The molecule has 2 unspecified atom stereocenters. The Morgan fingerprint density at radius 3 is 2.52 bits per heavy atom. The second-order valence-electron chi connectivity index (χ2n) is 12.5. The van der Waals surface area contributed by atoms with Gasteiger partial charge in [0.2, 0.25) is 5.28 Å². The number of nitrogens with two attached hydrogens (primary N) is 1. The van der Waals surface area contributed by atoms with Gasteiger partial charge in [-0.05, 0) is 42.2 Å². The van der Waals surface area contributed by atoms with E-state index in [1.54, 1.807) is 17.8 Å². The first-order valence-corrected chi connectivity index (χ1v) is 19.3. The molecule has 3 aromatic rings. The molecule has 1 fully saturated rings. The van der Waals surface area contributed by atoms with Crippen LogP contribution >= 0.6 is 19.2 Å². The molecule has 3 heterocycles. The van der Waals surface area contributed by atoms with Crippen molar-refractivity contribution in [3.05, 3.63) is 47.5 Å². The van der Waals surface area contributed by atoms with Gasteiger partial charge in [-0.1, -0.05) is 58.0 Å². The van der Waals surface area contributed by atoms with E-state index in [4.69, 9.17) is 40.3 Å². The Hall–Kier alpha value is -1.89. The van der Waals surface area contributed by atoms with Crippen LogP contribution in [0.3, 0.4) is 0 Å². The van der Waals surface area contributed by atoms with Crippen molar-refractivity contribution in [2.45, 2.75) is 77.8 Å². The summed E-state index contributed by atoms with van der Waals surface area (Å²) >= 11 is 6.21. The summed E-state index contributed by atoms with van der Waals surface area (Å²) in [5.41, 5.74) is 7.23. The van der Waals surface area contributed by atoms with Crippen LogP contribution < -0.4 is 5.73 Å². The van der Waals surface area contributed by atoms with E-state index in [2.05, 4.69) is 55.7 Å². The van der Waals surface area contributed by atoms with Crippen LogP contribution in [0.5, 0.6) is 0 Å². The second kappa shape index (κ2) is 12.6. The topological polar surface area (TPSA) is 133 Å². The number of fused-ring (bicyclic) bond motifs is 1. The molecule has 42 heavy (non-hydrogen) atoms. The first-order valence-electron chi connectivity index (χ1n) is 14.0. The summed E-state index contributed by atoms with van der Waals surface area (Å²) in [4.78, 5) is 13.0. The summed E-state index contributed by atoms with van der Waals surface area (Å²) in [6.45, 7) is 17.1. The van der Waals surface area contributed by atoms with Gasteiger partial charge in [0.05, 0.1) is 44.3 Å². The maximum Gasteiger partial charge on any atom is 0.327 e. The van der Waals surface area contributed by atoms with E-state index in [0.29, 0.717) is 17.8 Å². The van der Waals surface area contributed by atoms with Gasteiger partial charge >= 0.3 is 7.60 Å². The molecule has 1 aromatic carbocycles. The van der Waals surface area contributed by atoms with Gasteiger partial charge in [0.1, 0.15) is 17.8 Å². The highest BCUT2D eigenvalue weighted by molar-refractivity contribution is 7.52. The number of aromatic nitrogens is 4. The standard InChI is InChI=1S/C28H43ClN5O6PSi/c1-9-37-41(6,35)38-16-20-22(40-42(7,8)27(2,3)4)28(5,17-36-15-19-13-11-10-12-14-19)25(39-20)34-18-31-21-23(30)32-26(29)33-24(21)34/h10-14,18,20,22,25H,9,15-17H2,1-8H3,(H2,30,32,33)/t20-,22?,25-,28+,41?/m1/s1. The van der Waals surface area contributed by atoms with Crippen molar-refractivity contribution in [3.8, 4) is 0 Å². The predicted molar refractivity (Wildman–Crippen MR) is 166 cm³/mol. The lowest BCUT2D eigenvalue weighted by Gasteiger charge is -2.44. The molecule has 2 aromatic heterocycles. The average Bonchev–Trinajstić information content (AvgIpc) is 3.42. The Labute approximate surface area is 254 Å². The van der Waals surface area contributed by atoms with Gasteiger partial charge < -0.3 is 28.7 Å². The average molecular weight is 640 g/mol. The molecule has 5 atom stereocenters. The molecule has 0 radical (unpaired) electrons. The smallest absolute Gasteiger partial charge is 0.327 e. The zero-order chi connectivity index (χ0) is 30.9. The minimum atomic E-state index is -3.32. The van der Waals surface area contributed by atoms with Crippen molar-refractivity contribution < 1.29 is 27.5 Å². The molecule has 4 rings (SSSR count). The molecule has 1 saturated heterocycles. The lowest BCUT2D eigenvalue weighted by Crippen LogP contribution is -2.52. The number of benzene rings is 1. The lowest BCUT2D eigenvalue weighted by molar-refractivity contribution is -0.0730. The Kier molecular flexibility index (Phi) is 9.91. The monoisotopic (exact) mass is 639 g/mol. The van der Waals surface area contributed by atoms with E-state index >= 15 is 0 Å². The van der Waals surface area contributed by atoms with Gasteiger partial charge in [0.15, 0.2) is 19.8 Å². The van der Waals surface area contributed by atoms with E-state index in [1.807, 2.05) is 30.3 Å². The third-order valence-electron chi connectivity index (χ3n) is 8.12. The van der Waals surface area contributed by atoms with Crippen molar-refractivity contribution in [2.24, 2.45) is 5.41 Å². The molecule has 1 aliphatic heterocycles. The zero-order valence-corrected chi connectivity index (χ0v) is 28.3. The number of ether oxygens (including phenoxy) is 2. The summed E-state index contributed by atoms with van der Waals surface area (Å²) in [6, 6.07) is 9.96. The Morgan fingerprint density at radius 2 is 1.88 bits per heavy atom. The molecule has 0 spiro atoms. The molecule has 2 N–H and O–H groups in total. The van der Waals surface area contributed by atoms with Crippen molar-refractivity contribution >= 4 is 44.5 Å². The van der Waals surface area contributed by atoms with Crippen LogP contribution in [0.4, 0.5) is 5.82 Å². The van der Waals surface area contributed by atoms with Crippen LogP contribution in [0.15, 0.2) is 36.7 Å². The molecular weight excluding hydrogens is 597 g/mol. The SMILES string of the molecule is CCOP(C)(=O)OC[C@H]1O[C@@H](n2cnc3c(N)nc(Cl)nc32)[C@@](C)(COCc2ccccc2)C1O[Si](C)(C)C(C)(C)C. The molecule has 11 nitrogen and oxygen atoms in total. The molecule has 0 amide bonds. The maximum atomic E-state index is 13.0. The van der Waals surface area contributed by atoms with Crippen LogP contribution in [0.1, 0.15) is 46.4 Å². The summed E-state index contributed by atoms with van der Waals surface area (Å²) in [5.74, 6) is 0.168. The number of hydrogen-bond donors (Lipinski definition) is 1. The van der Waals surface area contributed by atoms with Crippen LogP contribution in [0, 0.1) is 5.41 Å². The fraction of sp³-hybridized carbons (Fsp3) is 0.607. The first-order chi connectivity index (χ1) is 19.6. The molecule has 1 aliphatic rings. The van der Waals surface area contributed by atoms with E-state index in [0.717, 1.165) is 5.56 Å². The molecule has 14 heteroatoms. The molecule has 0 aliphatic carbocycles. The number of nitrogen functional groups attached to an aromatic ring is 1. The van der Waals surface area contributed by atoms with Crippen LogP contribution in [0.2, 0.25) is 23.4 Å². The van der Waals surface area contributed by atoms with Crippen molar-refractivity contribution in [1.29, 1.82) is 0 Å². The normalized spacial score (nSPS) is 24.7. The van der Waals surface area contributed by atoms with Crippen molar-refractivity contribution in [1.82, 2.24) is 19.5 Å². The maximum absolute atomic E-state index is 13.0. The highest BCUT2D eigenvalue weighted by atomic mass is 35.5. The number of hydrogen-bond acceptors (Lipinski definition) is 10. The molecular formula is C28H43ClN5O6PSi. The van der Waals surface area contributed by atoms with Gasteiger partial charge in [0, 0.05) is 6.66 Å². The third kappa shape index (κ3) is 7.08. The second-order valence-corrected chi connectivity index (χ2v) is 19.7. The van der Waals surface area contributed by atoms with Gasteiger partial charge in [0.25, 0.3) is 0 Å². The fourth-order valence-corrected chi connectivity index (χ4v) is 7.39. The van der Waals surface area contributed by atoms with Crippen LogP contribution in [-0.2, 0) is 34.1 Å². The minimum Gasteiger partial charge on any atom is -0.410 e. The lowest BCUT2D eigenvalue weighted by atomic mass is 9.83. The zero-order valence-electron chi connectivity index (χ0n) is 25.7. The quantitative estimate of drug-likeness (QED) is 0.134. The van der Waals surface area contributed by atoms with Gasteiger partial charge in [-0.3, -0.25) is 9.13 Å². The Balaban J connectivity index is 1.78.